The molecule has 0 spiro atoms. The molecule has 0 bridgehead atoms. The van der Waals surface area contributed by atoms with E-state index in [0.717, 1.165) is 29.0 Å². The quantitative estimate of drug-likeness (QED) is 0.699. The zero-order valence-corrected chi connectivity index (χ0v) is 16.9. The molecule has 30 heavy (non-hydrogen) atoms. The summed E-state index contributed by atoms with van der Waals surface area (Å²) in [6.07, 6.45) is 0.314. The summed E-state index contributed by atoms with van der Waals surface area (Å²) in [4.78, 5) is 0. The first kappa shape index (κ1) is 19.8. The summed E-state index contributed by atoms with van der Waals surface area (Å²) in [5.74, 6) is 2.14. The molecule has 2 aliphatic heterocycles. The standard InChI is InChI=1S/C24H28O6/c25-13-18-12-20(26)23(27)24(30-18)16-4-5-19(15-2-3-15)17(11-16)9-14-1-6-21-22(10-14)29-8-7-28-21/h1,4-6,10-11,15,18,20,23-27H,2-3,7-9,12-13H2/t18-,20-,23+,24-/m0/s1. The molecule has 3 aliphatic rings. The molecule has 1 saturated carbocycles. The summed E-state index contributed by atoms with van der Waals surface area (Å²) in [5.41, 5.74) is 4.50. The van der Waals surface area contributed by atoms with Crippen LogP contribution in [-0.4, -0.2) is 53.5 Å². The second-order valence-electron chi connectivity index (χ2n) is 8.54. The predicted octanol–water partition coefficient (Wildman–Crippen LogP) is 2.47. The van der Waals surface area contributed by atoms with Gasteiger partial charge in [0.05, 0.1) is 18.8 Å². The third-order valence-corrected chi connectivity index (χ3v) is 6.27. The fraction of sp³-hybridized carbons (Fsp3) is 0.500. The van der Waals surface area contributed by atoms with Gasteiger partial charge in [-0.25, -0.2) is 0 Å². The van der Waals surface area contributed by atoms with Gasteiger partial charge in [0.15, 0.2) is 11.5 Å². The summed E-state index contributed by atoms with van der Waals surface area (Å²) >= 11 is 0. The van der Waals surface area contributed by atoms with Crippen molar-refractivity contribution < 1.29 is 29.5 Å². The highest BCUT2D eigenvalue weighted by Gasteiger charge is 2.38. The molecular weight excluding hydrogens is 384 g/mol. The molecule has 6 heteroatoms. The topological polar surface area (TPSA) is 88.4 Å². The van der Waals surface area contributed by atoms with Gasteiger partial charge in [-0.3, -0.25) is 0 Å². The Hall–Kier alpha value is -2.12. The summed E-state index contributed by atoms with van der Waals surface area (Å²) in [6, 6.07) is 12.3. The van der Waals surface area contributed by atoms with Crippen LogP contribution in [0.25, 0.3) is 0 Å². The van der Waals surface area contributed by atoms with Crippen molar-refractivity contribution in [2.45, 2.75) is 56.0 Å². The monoisotopic (exact) mass is 412 g/mol. The van der Waals surface area contributed by atoms with Gasteiger partial charge in [0, 0.05) is 6.42 Å². The lowest BCUT2D eigenvalue weighted by Gasteiger charge is -2.37. The Morgan fingerprint density at radius 2 is 1.73 bits per heavy atom. The van der Waals surface area contributed by atoms with Crippen LogP contribution in [0, 0.1) is 0 Å². The average molecular weight is 412 g/mol. The smallest absolute Gasteiger partial charge is 0.161 e. The minimum absolute atomic E-state index is 0.176. The van der Waals surface area contributed by atoms with Gasteiger partial charge >= 0.3 is 0 Å². The lowest BCUT2D eigenvalue weighted by molar-refractivity contribution is -0.179. The highest BCUT2D eigenvalue weighted by molar-refractivity contribution is 5.47. The second-order valence-corrected chi connectivity index (χ2v) is 8.54. The van der Waals surface area contributed by atoms with Crippen LogP contribution in [0.15, 0.2) is 36.4 Å². The number of ether oxygens (including phenoxy) is 3. The molecule has 2 fully saturated rings. The van der Waals surface area contributed by atoms with Gasteiger partial charge < -0.3 is 29.5 Å². The van der Waals surface area contributed by atoms with Crippen molar-refractivity contribution in [2.75, 3.05) is 19.8 Å². The van der Waals surface area contributed by atoms with E-state index in [1.807, 2.05) is 18.2 Å². The van der Waals surface area contributed by atoms with Crippen molar-refractivity contribution in [2.24, 2.45) is 0 Å². The molecule has 0 unspecified atom stereocenters. The Morgan fingerprint density at radius 1 is 0.933 bits per heavy atom. The highest BCUT2D eigenvalue weighted by atomic mass is 16.6. The normalized spacial score (nSPS) is 28.4. The van der Waals surface area contributed by atoms with Crippen LogP contribution in [0.3, 0.4) is 0 Å². The highest BCUT2D eigenvalue weighted by Crippen LogP contribution is 2.44. The summed E-state index contributed by atoms with van der Waals surface area (Å²) < 4.78 is 17.3. The van der Waals surface area contributed by atoms with Crippen molar-refractivity contribution in [3.8, 4) is 11.5 Å². The molecule has 2 aromatic rings. The maximum atomic E-state index is 10.5. The van der Waals surface area contributed by atoms with E-state index >= 15 is 0 Å². The minimum Gasteiger partial charge on any atom is -0.486 e. The molecule has 3 N–H and O–H groups in total. The maximum absolute atomic E-state index is 10.5. The summed E-state index contributed by atoms with van der Waals surface area (Å²) in [5, 5.41) is 30.2. The SMILES string of the molecule is OC[C@@H]1C[C@H](O)[C@@H](O)[C@H](c2ccc(C3CC3)c(Cc3ccc4c(c3)OCCO4)c2)O1. The zero-order valence-electron chi connectivity index (χ0n) is 16.9. The van der Waals surface area contributed by atoms with Crippen LogP contribution in [0.5, 0.6) is 11.5 Å². The Labute approximate surface area is 176 Å². The van der Waals surface area contributed by atoms with Crippen molar-refractivity contribution in [1.29, 1.82) is 0 Å². The van der Waals surface area contributed by atoms with Crippen LogP contribution in [0.2, 0.25) is 0 Å². The third kappa shape index (κ3) is 3.93. The second kappa shape index (κ2) is 8.19. The fourth-order valence-electron chi connectivity index (χ4n) is 4.51. The fourth-order valence-corrected chi connectivity index (χ4v) is 4.51. The van der Waals surface area contributed by atoms with Crippen LogP contribution in [0.1, 0.15) is 53.5 Å². The molecule has 0 aromatic heterocycles. The molecule has 1 aliphatic carbocycles. The Balaban J connectivity index is 1.45. The molecule has 4 atom stereocenters. The molecule has 5 rings (SSSR count). The van der Waals surface area contributed by atoms with Crippen molar-refractivity contribution in [1.82, 2.24) is 0 Å². The molecular formula is C24H28O6. The van der Waals surface area contributed by atoms with E-state index in [0.29, 0.717) is 19.1 Å². The van der Waals surface area contributed by atoms with E-state index < -0.39 is 24.4 Å². The number of rotatable bonds is 5. The summed E-state index contributed by atoms with van der Waals surface area (Å²) in [6.45, 7) is 0.958. The van der Waals surface area contributed by atoms with Gasteiger partial charge in [-0.05, 0) is 59.6 Å². The number of fused-ring (bicyclic) bond motifs is 1. The van der Waals surface area contributed by atoms with E-state index in [1.165, 1.54) is 24.0 Å². The van der Waals surface area contributed by atoms with Crippen molar-refractivity contribution in [3.05, 3.63) is 58.7 Å². The number of aliphatic hydroxyl groups is 3. The molecule has 160 valence electrons. The average Bonchev–Trinajstić information content (AvgIpc) is 3.61. The van der Waals surface area contributed by atoms with Gasteiger partial charge in [-0.1, -0.05) is 24.3 Å². The van der Waals surface area contributed by atoms with Crippen LogP contribution in [-0.2, 0) is 11.2 Å². The first-order valence-corrected chi connectivity index (χ1v) is 10.8. The first-order chi connectivity index (χ1) is 14.6. The molecule has 1 saturated heterocycles. The molecule has 2 aromatic carbocycles. The Morgan fingerprint density at radius 3 is 2.50 bits per heavy atom. The van der Waals surface area contributed by atoms with Crippen LogP contribution >= 0.6 is 0 Å². The first-order valence-electron chi connectivity index (χ1n) is 10.8. The van der Waals surface area contributed by atoms with E-state index in [2.05, 4.69) is 18.2 Å². The van der Waals surface area contributed by atoms with Crippen LogP contribution in [0.4, 0.5) is 0 Å². The molecule has 0 amide bonds. The van der Waals surface area contributed by atoms with E-state index in [-0.39, 0.29) is 13.0 Å². The van der Waals surface area contributed by atoms with Gasteiger partial charge in [0.25, 0.3) is 0 Å². The van der Waals surface area contributed by atoms with Crippen LogP contribution < -0.4 is 9.47 Å². The van der Waals surface area contributed by atoms with Gasteiger partial charge in [-0.15, -0.1) is 0 Å². The van der Waals surface area contributed by atoms with Crippen molar-refractivity contribution in [3.63, 3.8) is 0 Å². The number of benzene rings is 2. The molecule has 2 heterocycles. The number of hydrogen-bond donors (Lipinski definition) is 3. The van der Waals surface area contributed by atoms with Gasteiger partial charge in [-0.2, -0.15) is 0 Å². The molecule has 0 radical (unpaired) electrons. The minimum atomic E-state index is -1.01. The predicted molar refractivity (Wildman–Crippen MR) is 110 cm³/mol. The lowest BCUT2D eigenvalue weighted by atomic mass is 9.89. The van der Waals surface area contributed by atoms with Crippen molar-refractivity contribution >= 4 is 0 Å². The van der Waals surface area contributed by atoms with E-state index in [1.54, 1.807) is 0 Å². The van der Waals surface area contributed by atoms with E-state index in [9.17, 15) is 15.3 Å². The largest absolute Gasteiger partial charge is 0.486 e. The summed E-state index contributed by atoms with van der Waals surface area (Å²) in [7, 11) is 0. The maximum Gasteiger partial charge on any atom is 0.161 e. The number of hydrogen-bond acceptors (Lipinski definition) is 6. The third-order valence-electron chi connectivity index (χ3n) is 6.27. The molecule has 6 nitrogen and oxygen atoms in total. The Bertz CT molecular complexity index is 909. The van der Waals surface area contributed by atoms with Gasteiger partial charge in [0.2, 0.25) is 0 Å². The lowest BCUT2D eigenvalue weighted by Crippen LogP contribution is -2.44. The Kier molecular flexibility index (Phi) is 5.41. The zero-order chi connectivity index (χ0) is 20.7. The van der Waals surface area contributed by atoms with E-state index in [4.69, 9.17) is 14.2 Å². The van der Waals surface area contributed by atoms with Gasteiger partial charge in [0.1, 0.15) is 25.4 Å². The number of aliphatic hydroxyl groups excluding tert-OH is 3.